The minimum atomic E-state index is -0.0626. The first-order chi connectivity index (χ1) is 16.0. The van der Waals surface area contributed by atoms with Crippen LogP contribution in [0.2, 0.25) is 0 Å². The molecule has 0 bridgehead atoms. The second-order valence-electron chi connectivity index (χ2n) is 8.68. The van der Waals surface area contributed by atoms with E-state index in [-0.39, 0.29) is 5.60 Å². The smallest absolute Gasteiger partial charge is 0.132 e. The van der Waals surface area contributed by atoms with Crippen molar-refractivity contribution in [3.63, 3.8) is 0 Å². The summed E-state index contributed by atoms with van der Waals surface area (Å²) in [7, 11) is 1.76. The van der Waals surface area contributed by atoms with Crippen LogP contribution in [0.4, 0.5) is 17.3 Å². The van der Waals surface area contributed by atoms with E-state index < -0.39 is 0 Å². The molecule has 1 aliphatic heterocycles. The third kappa shape index (κ3) is 4.57. The van der Waals surface area contributed by atoms with E-state index in [1.54, 1.807) is 25.9 Å². The van der Waals surface area contributed by atoms with Crippen molar-refractivity contribution in [3.05, 3.63) is 60.4 Å². The third-order valence-corrected chi connectivity index (χ3v) is 6.21. The van der Waals surface area contributed by atoms with Crippen molar-refractivity contribution < 1.29 is 4.74 Å². The normalized spacial score (nSPS) is 17.7. The molecule has 1 aromatic carbocycles. The highest BCUT2D eigenvalue weighted by Crippen LogP contribution is 2.40. The molecule has 33 heavy (non-hydrogen) atoms. The molecular weight excluding hydrogens is 416 g/mol. The number of aromatic nitrogens is 4. The van der Waals surface area contributed by atoms with Gasteiger partial charge in [0.2, 0.25) is 0 Å². The maximum absolute atomic E-state index is 6.33. The fourth-order valence-electron chi connectivity index (χ4n) is 4.02. The van der Waals surface area contributed by atoms with Gasteiger partial charge in [0.05, 0.1) is 11.4 Å². The average molecular weight is 445 g/mol. The van der Waals surface area contributed by atoms with Gasteiger partial charge in [0.1, 0.15) is 35.6 Å². The zero-order chi connectivity index (χ0) is 22.8. The average Bonchev–Trinajstić information content (AvgIpc) is 3.59. The number of piperazine rings is 1. The predicted octanol–water partition coefficient (Wildman–Crippen LogP) is 2.57. The molecule has 0 atom stereocenters. The van der Waals surface area contributed by atoms with E-state index in [1.165, 1.54) is 0 Å². The highest BCUT2D eigenvalue weighted by molar-refractivity contribution is 6.15. The van der Waals surface area contributed by atoms with Crippen molar-refractivity contribution in [1.29, 1.82) is 0 Å². The Balaban J connectivity index is 1.35. The first-order valence-electron chi connectivity index (χ1n) is 11.2. The molecule has 0 amide bonds. The molecule has 5 rings (SSSR count). The number of rotatable bonds is 6. The molecule has 1 aliphatic carbocycles. The monoisotopic (exact) mass is 444 g/mol. The first kappa shape index (κ1) is 21.1. The van der Waals surface area contributed by atoms with Crippen molar-refractivity contribution in [2.45, 2.75) is 25.4 Å². The Kier molecular flexibility index (Phi) is 5.53. The summed E-state index contributed by atoms with van der Waals surface area (Å²) in [6.45, 7) is 5.51. The Hall–Kier alpha value is -3.75. The third-order valence-electron chi connectivity index (χ3n) is 6.21. The molecule has 0 radical (unpaired) electrons. The molecule has 0 spiro atoms. The second-order valence-corrected chi connectivity index (χ2v) is 8.68. The molecule has 9 heteroatoms. The molecule has 2 N–H and O–H groups in total. The molecule has 3 heterocycles. The molecule has 9 nitrogen and oxygen atoms in total. The van der Waals surface area contributed by atoms with Gasteiger partial charge < -0.3 is 20.3 Å². The first-order valence-corrected chi connectivity index (χ1v) is 11.2. The zero-order valence-corrected chi connectivity index (χ0v) is 19.0. The van der Waals surface area contributed by atoms with Crippen LogP contribution in [0.5, 0.6) is 5.75 Å². The van der Waals surface area contributed by atoms with Gasteiger partial charge in [-0.05, 0) is 44.0 Å². The van der Waals surface area contributed by atoms with Gasteiger partial charge in [0, 0.05) is 56.7 Å². The number of aliphatic imine (C=N–C) groups is 1. The standard InChI is InChI=1S/C24H28N8O/c1-24(6-7-24)33-17-3-4-19(25)18(13-17)23(26-2)20-14-22(30-16-28-20)32-11-9-31(10-12-32)21-5-8-27-15-29-21/h3-5,8,13-16H,6-7,9-12,25H2,1-2H3/b26-23+. The number of anilines is 3. The van der Waals surface area contributed by atoms with Crippen molar-refractivity contribution >= 4 is 23.0 Å². The van der Waals surface area contributed by atoms with Crippen LogP contribution >= 0.6 is 0 Å². The fourth-order valence-corrected chi connectivity index (χ4v) is 4.02. The lowest BCUT2D eigenvalue weighted by atomic mass is 10.0. The van der Waals surface area contributed by atoms with Crippen molar-refractivity contribution in [2.24, 2.45) is 4.99 Å². The van der Waals surface area contributed by atoms with Crippen molar-refractivity contribution in [3.8, 4) is 5.75 Å². The summed E-state index contributed by atoms with van der Waals surface area (Å²) in [5.74, 6) is 2.63. The maximum atomic E-state index is 6.33. The van der Waals surface area contributed by atoms with Crippen LogP contribution in [-0.2, 0) is 0 Å². The predicted molar refractivity (Wildman–Crippen MR) is 129 cm³/mol. The van der Waals surface area contributed by atoms with E-state index >= 15 is 0 Å². The maximum Gasteiger partial charge on any atom is 0.132 e. The Bertz CT molecular complexity index is 1150. The van der Waals surface area contributed by atoms with Crippen molar-refractivity contribution in [1.82, 2.24) is 19.9 Å². The van der Waals surface area contributed by atoms with Gasteiger partial charge in [-0.15, -0.1) is 0 Å². The minimum absolute atomic E-state index is 0.0626. The molecule has 1 saturated carbocycles. The summed E-state index contributed by atoms with van der Waals surface area (Å²) in [6, 6.07) is 9.67. The van der Waals surface area contributed by atoms with Crippen LogP contribution in [0, 0.1) is 0 Å². The van der Waals surface area contributed by atoms with Crippen LogP contribution in [-0.4, -0.2) is 64.5 Å². The summed E-state index contributed by atoms with van der Waals surface area (Å²) in [5.41, 5.74) is 9.19. The lowest BCUT2D eigenvalue weighted by Crippen LogP contribution is -2.47. The molecule has 170 valence electrons. The lowest BCUT2D eigenvalue weighted by Gasteiger charge is -2.36. The topological polar surface area (TPSA) is 106 Å². The highest BCUT2D eigenvalue weighted by Gasteiger charge is 2.40. The zero-order valence-electron chi connectivity index (χ0n) is 19.0. The molecule has 0 unspecified atom stereocenters. The van der Waals surface area contributed by atoms with Crippen LogP contribution in [0.1, 0.15) is 31.0 Å². The van der Waals surface area contributed by atoms with E-state index in [1.807, 2.05) is 30.3 Å². The van der Waals surface area contributed by atoms with E-state index in [9.17, 15) is 0 Å². The number of hydrogen-bond acceptors (Lipinski definition) is 9. The second kappa shape index (κ2) is 8.65. The molecule has 2 aliphatic rings. The number of nitrogens with two attached hydrogens (primary N) is 1. The summed E-state index contributed by atoms with van der Waals surface area (Å²) >= 11 is 0. The highest BCUT2D eigenvalue weighted by atomic mass is 16.5. The van der Waals surface area contributed by atoms with Gasteiger partial charge in [-0.2, -0.15) is 0 Å². The van der Waals surface area contributed by atoms with Gasteiger partial charge in [-0.25, -0.2) is 19.9 Å². The molecule has 1 saturated heterocycles. The summed E-state index contributed by atoms with van der Waals surface area (Å²) in [6.07, 6.45) is 7.09. The van der Waals surface area contributed by atoms with Gasteiger partial charge in [-0.3, -0.25) is 4.99 Å². The van der Waals surface area contributed by atoms with Crippen LogP contribution in [0.3, 0.4) is 0 Å². The number of benzene rings is 1. The Morgan fingerprint density at radius 3 is 2.36 bits per heavy atom. The number of hydrogen-bond donors (Lipinski definition) is 1. The quantitative estimate of drug-likeness (QED) is 0.457. The lowest BCUT2D eigenvalue weighted by molar-refractivity contribution is 0.200. The summed E-state index contributed by atoms with van der Waals surface area (Å²) in [4.78, 5) is 26.4. The van der Waals surface area contributed by atoms with E-state index in [0.717, 1.165) is 73.4 Å². The molecule has 2 fully saturated rings. The Labute approximate surface area is 193 Å². The van der Waals surface area contributed by atoms with Crippen LogP contribution in [0.25, 0.3) is 0 Å². The minimum Gasteiger partial charge on any atom is -0.488 e. The summed E-state index contributed by atoms with van der Waals surface area (Å²) < 4.78 is 6.14. The van der Waals surface area contributed by atoms with Crippen LogP contribution in [0.15, 0.2) is 54.2 Å². The summed E-state index contributed by atoms with van der Waals surface area (Å²) in [5, 5.41) is 0. The van der Waals surface area contributed by atoms with E-state index in [0.29, 0.717) is 5.69 Å². The SMILES string of the molecule is C/N=C(/c1cc(N2CCN(c3ccncn3)CC2)ncn1)c1cc(OC2(C)CC2)ccc1N. The molecular formula is C24H28N8O. The van der Waals surface area contributed by atoms with Crippen molar-refractivity contribution in [2.75, 3.05) is 48.8 Å². The molecule has 2 aromatic heterocycles. The van der Waals surface area contributed by atoms with E-state index in [2.05, 4.69) is 41.7 Å². The van der Waals surface area contributed by atoms with Gasteiger partial charge in [-0.1, -0.05) is 0 Å². The molecule has 3 aromatic rings. The number of nitrogen functional groups attached to an aromatic ring is 1. The fraction of sp³-hybridized carbons (Fsp3) is 0.375. The Morgan fingerprint density at radius 2 is 1.70 bits per heavy atom. The number of ether oxygens (including phenoxy) is 1. The number of nitrogens with zero attached hydrogens (tertiary/aromatic N) is 7. The van der Waals surface area contributed by atoms with Gasteiger partial charge in [0.25, 0.3) is 0 Å². The Morgan fingerprint density at radius 1 is 0.970 bits per heavy atom. The van der Waals surface area contributed by atoms with Crippen LogP contribution < -0.4 is 20.3 Å². The van der Waals surface area contributed by atoms with Gasteiger partial charge >= 0.3 is 0 Å². The largest absolute Gasteiger partial charge is 0.488 e. The van der Waals surface area contributed by atoms with Gasteiger partial charge in [0.15, 0.2) is 0 Å². The van der Waals surface area contributed by atoms with E-state index in [4.69, 9.17) is 10.5 Å².